The van der Waals surface area contributed by atoms with Crippen molar-refractivity contribution in [2.75, 3.05) is 0 Å². The molecule has 1 aliphatic rings. The Hall–Kier alpha value is -1.35. The summed E-state index contributed by atoms with van der Waals surface area (Å²) in [6, 6.07) is 6.29. The smallest absolute Gasteiger partial charge is 0.0927 e. The van der Waals surface area contributed by atoms with Gasteiger partial charge in [0.1, 0.15) is 0 Å². The van der Waals surface area contributed by atoms with Crippen molar-refractivity contribution < 1.29 is 0 Å². The standard InChI is InChI=1S/C11H13N3/c12-6-7-1-4-9-10(5-7)13-14-11(9)8-2-3-8/h1,4-5,8H,2-3,6,12H2,(H,13,14). The molecule has 3 rings (SSSR count). The molecule has 0 aliphatic heterocycles. The van der Waals surface area contributed by atoms with E-state index < -0.39 is 0 Å². The molecule has 1 saturated carbocycles. The summed E-state index contributed by atoms with van der Waals surface area (Å²) in [6.07, 6.45) is 2.60. The molecule has 0 atom stereocenters. The van der Waals surface area contributed by atoms with Crippen molar-refractivity contribution >= 4 is 10.9 Å². The zero-order chi connectivity index (χ0) is 9.54. The molecule has 1 aromatic heterocycles. The van der Waals surface area contributed by atoms with Gasteiger partial charge in [-0.3, -0.25) is 5.10 Å². The first-order valence-corrected chi connectivity index (χ1v) is 5.05. The highest BCUT2D eigenvalue weighted by Crippen LogP contribution is 2.41. The molecule has 3 heteroatoms. The van der Waals surface area contributed by atoms with Gasteiger partial charge in [-0.05, 0) is 24.5 Å². The summed E-state index contributed by atoms with van der Waals surface area (Å²) in [6.45, 7) is 0.585. The summed E-state index contributed by atoms with van der Waals surface area (Å²) in [4.78, 5) is 0. The number of nitrogens with two attached hydrogens (primary N) is 1. The van der Waals surface area contributed by atoms with Crippen LogP contribution in [-0.4, -0.2) is 10.2 Å². The molecule has 1 heterocycles. The van der Waals surface area contributed by atoms with Crippen molar-refractivity contribution in [3.63, 3.8) is 0 Å². The molecule has 1 aromatic carbocycles. The maximum absolute atomic E-state index is 5.58. The van der Waals surface area contributed by atoms with E-state index in [0.29, 0.717) is 6.54 Å². The van der Waals surface area contributed by atoms with Gasteiger partial charge in [-0.25, -0.2) is 0 Å². The van der Waals surface area contributed by atoms with Crippen LogP contribution in [0.1, 0.15) is 30.0 Å². The van der Waals surface area contributed by atoms with Crippen LogP contribution in [0.15, 0.2) is 18.2 Å². The van der Waals surface area contributed by atoms with Crippen LogP contribution in [0.2, 0.25) is 0 Å². The summed E-state index contributed by atoms with van der Waals surface area (Å²) in [5.74, 6) is 0.726. The topological polar surface area (TPSA) is 54.7 Å². The van der Waals surface area contributed by atoms with E-state index in [4.69, 9.17) is 5.73 Å². The number of nitrogens with one attached hydrogen (secondary N) is 1. The van der Waals surface area contributed by atoms with E-state index in [2.05, 4.69) is 28.4 Å². The van der Waals surface area contributed by atoms with Crippen LogP contribution in [0.25, 0.3) is 10.9 Å². The molecule has 72 valence electrons. The molecular weight excluding hydrogens is 174 g/mol. The molecule has 14 heavy (non-hydrogen) atoms. The van der Waals surface area contributed by atoms with Crippen LogP contribution in [0.4, 0.5) is 0 Å². The van der Waals surface area contributed by atoms with Crippen LogP contribution in [0.5, 0.6) is 0 Å². The Kier molecular flexibility index (Phi) is 1.61. The molecule has 0 amide bonds. The molecule has 2 aromatic rings. The molecule has 1 aliphatic carbocycles. The Morgan fingerprint density at radius 3 is 3.00 bits per heavy atom. The second-order valence-electron chi connectivity index (χ2n) is 3.97. The quantitative estimate of drug-likeness (QED) is 0.754. The van der Waals surface area contributed by atoms with Crippen LogP contribution in [0, 0.1) is 0 Å². The lowest BCUT2D eigenvalue weighted by Crippen LogP contribution is -1.95. The predicted octanol–water partition coefficient (Wildman–Crippen LogP) is 1.90. The number of aromatic nitrogens is 2. The number of aromatic amines is 1. The van der Waals surface area contributed by atoms with E-state index >= 15 is 0 Å². The second-order valence-corrected chi connectivity index (χ2v) is 3.97. The zero-order valence-corrected chi connectivity index (χ0v) is 7.96. The van der Waals surface area contributed by atoms with E-state index in [9.17, 15) is 0 Å². The predicted molar refractivity (Wildman–Crippen MR) is 56.0 cm³/mol. The fourth-order valence-corrected chi connectivity index (χ4v) is 1.89. The van der Waals surface area contributed by atoms with Gasteiger partial charge in [0.15, 0.2) is 0 Å². The van der Waals surface area contributed by atoms with Gasteiger partial charge < -0.3 is 5.73 Å². The molecule has 0 spiro atoms. The SMILES string of the molecule is NCc1ccc2c(C3CC3)[nH]nc2c1. The van der Waals surface area contributed by atoms with E-state index in [1.807, 2.05) is 0 Å². The minimum atomic E-state index is 0.585. The van der Waals surface area contributed by atoms with E-state index in [0.717, 1.165) is 17.0 Å². The number of rotatable bonds is 2. The summed E-state index contributed by atoms with van der Waals surface area (Å²) in [7, 11) is 0. The summed E-state index contributed by atoms with van der Waals surface area (Å²) < 4.78 is 0. The Balaban J connectivity index is 2.17. The van der Waals surface area contributed by atoms with E-state index in [-0.39, 0.29) is 0 Å². The van der Waals surface area contributed by atoms with Crippen molar-refractivity contribution in [2.45, 2.75) is 25.3 Å². The Labute approximate surface area is 82.3 Å². The summed E-state index contributed by atoms with van der Waals surface area (Å²) >= 11 is 0. The normalized spacial score (nSPS) is 16.4. The Morgan fingerprint density at radius 2 is 2.29 bits per heavy atom. The minimum absolute atomic E-state index is 0.585. The van der Waals surface area contributed by atoms with Gasteiger partial charge in [0.25, 0.3) is 0 Å². The average Bonchev–Trinajstić information content (AvgIpc) is 2.98. The molecule has 1 fully saturated rings. The van der Waals surface area contributed by atoms with Crippen molar-refractivity contribution in [2.24, 2.45) is 5.73 Å². The third-order valence-corrected chi connectivity index (χ3v) is 2.87. The fraction of sp³-hybridized carbons (Fsp3) is 0.364. The second kappa shape index (κ2) is 2.82. The summed E-state index contributed by atoms with van der Waals surface area (Å²) in [5, 5.41) is 8.71. The minimum Gasteiger partial charge on any atom is -0.326 e. The molecule has 0 bridgehead atoms. The van der Waals surface area contributed by atoms with Crippen molar-refractivity contribution in [3.8, 4) is 0 Å². The maximum atomic E-state index is 5.58. The van der Waals surface area contributed by atoms with Crippen LogP contribution < -0.4 is 5.73 Å². The van der Waals surface area contributed by atoms with Gasteiger partial charge in [0.05, 0.1) is 5.52 Å². The van der Waals surface area contributed by atoms with Crippen molar-refractivity contribution in [1.82, 2.24) is 10.2 Å². The van der Waals surface area contributed by atoms with Crippen LogP contribution >= 0.6 is 0 Å². The molecular formula is C11H13N3. The zero-order valence-electron chi connectivity index (χ0n) is 7.96. The first-order chi connectivity index (χ1) is 6.88. The van der Waals surface area contributed by atoms with E-state index in [1.165, 1.54) is 23.9 Å². The van der Waals surface area contributed by atoms with Gasteiger partial charge >= 0.3 is 0 Å². The Bertz CT molecular complexity index is 468. The number of hydrogen-bond donors (Lipinski definition) is 2. The third-order valence-electron chi connectivity index (χ3n) is 2.87. The van der Waals surface area contributed by atoms with Crippen LogP contribution in [0.3, 0.4) is 0 Å². The highest BCUT2D eigenvalue weighted by molar-refractivity contribution is 5.82. The van der Waals surface area contributed by atoms with Gasteiger partial charge in [0, 0.05) is 23.5 Å². The highest BCUT2D eigenvalue weighted by atomic mass is 15.1. The lowest BCUT2D eigenvalue weighted by Gasteiger charge is -1.96. The number of benzene rings is 1. The first-order valence-electron chi connectivity index (χ1n) is 5.05. The van der Waals surface area contributed by atoms with Gasteiger partial charge in [0.2, 0.25) is 0 Å². The maximum Gasteiger partial charge on any atom is 0.0927 e. The number of H-pyrrole nitrogens is 1. The molecule has 3 N–H and O–H groups in total. The number of hydrogen-bond acceptors (Lipinski definition) is 2. The largest absolute Gasteiger partial charge is 0.326 e. The van der Waals surface area contributed by atoms with Crippen molar-refractivity contribution in [3.05, 3.63) is 29.5 Å². The number of fused-ring (bicyclic) bond motifs is 1. The lowest BCUT2D eigenvalue weighted by atomic mass is 10.1. The molecule has 0 unspecified atom stereocenters. The fourth-order valence-electron chi connectivity index (χ4n) is 1.89. The molecule has 0 radical (unpaired) electrons. The molecule has 0 saturated heterocycles. The monoisotopic (exact) mass is 187 g/mol. The van der Waals surface area contributed by atoms with Crippen LogP contribution in [-0.2, 0) is 6.54 Å². The van der Waals surface area contributed by atoms with E-state index in [1.54, 1.807) is 0 Å². The lowest BCUT2D eigenvalue weighted by molar-refractivity contribution is 0.978. The Morgan fingerprint density at radius 1 is 1.43 bits per heavy atom. The van der Waals surface area contributed by atoms with Gasteiger partial charge in [-0.2, -0.15) is 5.10 Å². The average molecular weight is 187 g/mol. The van der Waals surface area contributed by atoms with Crippen molar-refractivity contribution in [1.29, 1.82) is 0 Å². The highest BCUT2D eigenvalue weighted by Gasteiger charge is 2.27. The first kappa shape index (κ1) is 8.00. The third kappa shape index (κ3) is 1.13. The van der Waals surface area contributed by atoms with Gasteiger partial charge in [-0.1, -0.05) is 12.1 Å². The molecule has 3 nitrogen and oxygen atoms in total. The summed E-state index contributed by atoms with van der Waals surface area (Å²) in [5.41, 5.74) is 9.09. The van der Waals surface area contributed by atoms with Gasteiger partial charge in [-0.15, -0.1) is 0 Å². The number of nitrogens with zero attached hydrogens (tertiary/aromatic N) is 1.